The van der Waals surface area contributed by atoms with Crippen molar-refractivity contribution >= 4 is 20.2 Å². The zero-order valence-corrected chi connectivity index (χ0v) is 17.7. The van der Waals surface area contributed by atoms with Crippen LogP contribution in [0.1, 0.15) is 76.0 Å². The Morgan fingerprint density at radius 3 is 1.63 bits per heavy atom. The van der Waals surface area contributed by atoms with E-state index in [9.17, 15) is 30.2 Å². The molecule has 0 saturated heterocycles. The lowest BCUT2D eigenvalue weighted by Gasteiger charge is -2.24. The summed E-state index contributed by atoms with van der Waals surface area (Å²) in [6.07, 6.45) is 0. The van der Waals surface area contributed by atoms with E-state index >= 15 is 0 Å². The fraction of sp³-hybridized carbons (Fsp3) is 0.647. The van der Waals surface area contributed by atoms with Crippen LogP contribution in [0.3, 0.4) is 0 Å². The molecular weight excluding hydrogens is 402 g/mol. The minimum atomic E-state index is -6.05. The maximum Gasteiger partial charge on any atom is 0.358 e. The molecule has 156 valence electrons. The Morgan fingerprint density at radius 1 is 0.926 bits per heavy atom. The van der Waals surface area contributed by atoms with Gasteiger partial charge in [-0.2, -0.15) is 17.2 Å². The molecule has 0 aromatic heterocycles. The van der Waals surface area contributed by atoms with Gasteiger partial charge in [-0.05, 0) is 34.4 Å². The number of alkyl halides is 2. The molecule has 0 saturated carbocycles. The van der Waals surface area contributed by atoms with E-state index in [-0.39, 0.29) is 22.6 Å². The summed E-state index contributed by atoms with van der Waals surface area (Å²) in [5.41, 5.74) is 1.66. The fourth-order valence-corrected chi connectivity index (χ4v) is 4.32. The Balaban J connectivity index is 3.58. The van der Waals surface area contributed by atoms with Crippen molar-refractivity contribution in [1.82, 2.24) is 0 Å². The molecule has 0 aliphatic rings. The molecule has 0 radical (unpaired) electrons. The van der Waals surface area contributed by atoms with E-state index in [0.29, 0.717) is 11.1 Å². The molecule has 0 amide bonds. The molecule has 1 aromatic rings. The lowest BCUT2D eigenvalue weighted by Crippen LogP contribution is -2.35. The van der Waals surface area contributed by atoms with E-state index in [1.165, 1.54) is 0 Å². The Labute approximate surface area is 159 Å². The second-order valence-electron chi connectivity index (χ2n) is 7.30. The summed E-state index contributed by atoms with van der Waals surface area (Å²) in [5, 5.41) is -4.85. The van der Waals surface area contributed by atoms with Gasteiger partial charge in [0.1, 0.15) is 11.5 Å². The van der Waals surface area contributed by atoms with Gasteiger partial charge in [-0.1, -0.05) is 53.7 Å². The summed E-state index contributed by atoms with van der Waals surface area (Å²) in [4.78, 5) is -0.254. The third-order valence-electron chi connectivity index (χ3n) is 4.08. The quantitative estimate of drug-likeness (QED) is 0.461. The van der Waals surface area contributed by atoms with E-state index < -0.39 is 32.1 Å². The Morgan fingerprint density at radius 2 is 1.33 bits per heavy atom. The fourth-order valence-electron chi connectivity index (χ4n) is 2.46. The second-order valence-corrected chi connectivity index (χ2v) is 10.4. The molecule has 10 heteroatoms. The lowest BCUT2D eigenvalue weighted by molar-refractivity contribution is 0.0302. The molecule has 0 bridgehead atoms. The molecule has 0 heterocycles. The third-order valence-corrected chi connectivity index (χ3v) is 6.33. The molecule has 0 spiro atoms. The molecule has 0 aliphatic carbocycles. The summed E-state index contributed by atoms with van der Waals surface area (Å²) >= 11 is 0. The van der Waals surface area contributed by atoms with E-state index in [2.05, 4.69) is 4.18 Å². The number of rotatable bonds is 8. The summed E-state index contributed by atoms with van der Waals surface area (Å²) in [7, 11) is -10.8. The molecule has 0 atom stereocenters. The van der Waals surface area contributed by atoms with Crippen molar-refractivity contribution < 1.29 is 34.4 Å². The third kappa shape index (κ3) is 5.46. The highest BCUT2D eigenvalue weighted by atomic mass is 32.2. The Hall–Kier alpha value is -1.10. The van der Waals surface area contributed by atoms with Gasteiger partial charge in [0.15, 0.2) is 10.1 Å². The van der Waals surface area contributed by atoms with Gasteiger partial charge in [0.2, 0.25) is 0 Å². The van der Waals surface area contributed by atoms with Crippen LogP contribution in [0.15, 0.2) is 17.0 Å². The molecule has 6 nitrogen and oxygen atoms in total. The van der Waals surface area contributed by atoms with Crippen LogP contribution in [0.25, 0.3) is 0 Å². The van der Waals surface area contributed by atoms with E-state index in [1.807, 2.05) is 13.8 Å². The largest absolute Gasteiger partial charge is 0.743 e. The minimum Gasteiger partial charge on any atom is -0.743 e. The second kappa shape index (κ2) is 8.10. The van der Waals surface area contributed by atoms with Crippen molar-refractivity contribution in [2.24, 2.45) is 0 Å². The van der Waals surface area contributed by atoms with Crippen LogP contribution in [-0.4, -0.2) is 33.2 Å². The maximum absolute atomic E-state index is 13.4. The standard InChI is InChI=1S/C17H26F2O6S2/c1-10(2)13-7-14(11(3)4)16(15(8-13)12(5)6)26(20,21)25-9-17(18,19)27(22,23)24/h7-8,10-12H,9H2,1-6H3,(H,22,23,24)/p-1. The summed E-state index contributed by atoms with van der Waals surface area (Å²) in [5.74, 6) is -0.427. The highest BCUT2D eigenvalue weighted by molar-refractivity contribution is 7.87. The molecule has 1 aromatic carbocycles. The highest BCUT2D eigenvalue weighted by Crippen LogP contribution is 2.36. The molecule has 1 rings (SSSR count). The maximum atomic E-state index is 13.4. The topological polar surface area (TPSA) is 101 Å². The predicted molar refractivity (Wildman–Crippen MR) is 96.5 cm³/mol. The molecule has 0 aliphatic heterocycles. The molecule has 27 heavy (non-hydrogen) atoms. The number of hydrogen-bond acceptors (Lipinski definition) is 6. The van der Waals surface area contributed by atoms with Crippen molar-refractivity contribution in [3.63, 3.8) is 0 Å². The van der Waals surface area contributed by atoms with Gasteiger partial charge in [-0.15, -0.1) is 0 Å². The first-order valence-corrected chi connectivity index (χ1v) is 11.2. The van der Waals surface area contributed by atoms with Crippen molar-refractivity contribution in [2.75, 3.05) is 6.61 Å². The number of halogens is 2. The zero-order valence-electron chi connectivity index (χ0n) is 16.1. The van der Waals surface area contributed by atoms with Crippen LogP contribution in [0, 0.1) is 0 Å². The van der Waals surface area contributed by atoms with Gasteiger partial charge < -0.3 is 4.55 Å². The first kappa shape index (κ1) is 23.9. The van der Waals surface area contributed by atoms with Crippen molar-refractivity contribution in [3.8, 4) is 0 Å². The van der Waals surface area contributed by atoms with Gasteiger partial charge in [0.05, 0.1) is 0 Å². The van der Waals surface area contributed by atoms with Crippen LogP contribution >= 0.6 is 0 Å². The summed E-state index contributed by atoms with van der Waals surface area (Å²) in [6.45, 7) is 8.81. The van der Waals surface area contributed by atoms with E-state index in [0.717, 1.165) is 5.56 Å². The molecule has 0 N–H and O–H groups in total. The molecule has 0 fully saturated rings. The smallest absolute Gasteiger partial charge is 0.358 e. The van der Waals surface area contributed by atoms with Crippen LogP contribution < -0.4 is 0 Å². The van der Waals surface area contributed by atoms with Crippen molar-refractivity contribution in [3.05, 3.63) is 28.8 Å². The average Bonchev–Trinajstić information content (AvgIpc) is 2.50. The summed E-state index contributed by atoms with van der Waals surface area (Å²) in [6, 6.07) is 3.36. The van der Waals surface area contributed by atoms with E-state index in [4.69, 9.17) is 0 Å². The lowest BCUT2D eigenvalue weighted by atomic mass is 9.89. The Bertz CT molecular complexity index is 859. The van der Waals surface area contributed by atoms with Crippen LogP contribution in [0.5, 0.6) is 0 Å². The van der Waals surface area contributed by atoms with Gasteiger partial charge in [0, 0.05) is 0 Å². The minimum absolute atomic E-state index is 0.104. The average molecular weight is 428 g/mol. The van der Waals surface area contributed by atoms with Crippen LogP contribution in [0.2, 0.25) is 0 Å². The van der Waals surface area contributed by atoms with Crippen molar-refractivity contribution in [2.45, 2.75) is 69.4 Å². The first-order chi connectivity index (χ1) is 12.0. The van der Waals surface area contributed by atoms with Gasteiger partial charge >= 0.3 is 5.25 Å². The van der Waals surface area contributed by atoms with Gasteiger partial charge in [0.25, 0.3) is 10.1 Å². The van der Waals surface area contributed by atoms with Crippen LogP contribution in [0.4, 0.5) is 8.78 Å². The van der Waals surface area contributed by atoms with E-state index in [1.54, 1.807) is 39.8 Å². The van der Waals surface area contributed by atoms with Crippen molar-refractivity contribution in [1.29, 1.82) is 0 Å². The van der Waals surface area contributed by atoms with Gasteiger partial charge in [-0.25, -0.2) is 8.42 Å². The SMILES string of the molecule is CC(C)c1cc(C(C)C)c(S(=O)(=O)OCC(F)(F)S(=O)(=O)[O-])c(C(C)C)c1. The van der Waals surface area contributed by atoms with Gasteiger partial charge in [-0.3, -0.25) is 4.18 Å². The Kier molecular flexibility index (Phi) is 7.18. The van der Waals surface area contributed by atoms with Crippen LogP contribution in [-0.2, 0) is 24.4 Å². The first-order valence-electron chi connectivity index (χ1n) is 8.41. The zero-order chi connectivity index (χ0) is 21.4. The predicted octanol–water partition coefficient (Wildman–Crippen LogP) is 3.90. The number of benzene rings is 1. The molecular formula is C17H25F2O6S2-. The monoisotopic (exact) mass is 427 g/mol. The molecule has 0 unspecified atom stereocenters. The highest BCUT2D eigenvalue weighted by Gasteiger charge is 2.41. The normalized spacial score (nSPS) is 13.8. The number of hydrogen-bond donors (Lipinski definition) is 0. The summed E-state index contributed by atoms with van der Waals surface area (Å²) < 4.78 is 88.2.